The molecule has 7 nitrogen and oxygen atoms in total. The maximum Gasteiger partial charge on any atom is 0.191 e. The number of benzene rings is 1. The molecule has 1 fully saturated rings. The topological polar surface area (TPSA) is 74.9 Å². The molecule has 1 atom stereocenters. The van der Waals surface area contributed by atoms with Crippen molar-refractivity contribution in [2.24, 2.45) is 4.99 Å². The van der Waals surface area contributed by atoms with Crippen LogP contribution in [0.15, 0.2) is 39.8 Å². The summed E-state index contributed by atoms with van der Waals surface area (Å²) in [4.78, 5) is 6.83. The van der Waals surface area contributed by atoms with E-state index < -0.39 is 0 Å². The Morgan fingerprint density at radius 2 is 1.87 bits per heavy atom. The van der Waals surface area contributed by atoms with Gasteiger partial charge in [0.2, 0.25) is 0 Å². The zero-order valence-corrected chi connectivity index (χ0v) is 20.7. The number of nitrogens with one attached hydrogen (secondary N) is 2. The molecule has 1 aliphatic rings. The van der Waals surface area contributed by atoms with Crippen molar-refractivity contribution in [3.63, 3.8) is 0 Å². The van der Waals surface area contributed by atoms with Crippen molar-refractivity contribution in [1.29, 1.82) is 0 Å². The van der Waals surface area contributed by atoms with Crippen LogP contribution in [0.2, 0.25) is 0 Å². The molecular weight excluding hydrogens is 493 g/mol. The number of rotatable bonds is 7. The number of hydrogen-bond donors (Lipinski definition) is 2. The smallest absolute Gasteiger partial charge is 0.191 e. The van der Waals surface area contributed by atoms with Crippen molar-refractivity contribution in [1.82, 2.24) is 20.7 Å². The van der Waals surface area contributed by atoms with Crippen LogP contribution in [0, 0.1) is 6.92 Å². The Balaban J connectivity index is 0.00000320. The van der Waals surface area contributed by atoms with Gasteiger partial charge in [0, 0.05) is 32.7 Å². The van der Waals surface area contributed by atoms with Gasteiger partial charge in [0.25, 0.3) is 0 Å². The van der Waals surface area contributed by atoms with Crippen LogP contribution in [-0.4, -0.2) is 55.9 Å². The van der Waals surface area contributed by atoms with E-state index in [9.17, 15) is 0 Å². The third-order valence-electron chi connectivity index (χ3n) is 5.23. The molecule has 30 heavy (non-hydrogen) atoms. The molecule has 1 aromatic heterocycles. The normalized spacial score (nSPS) is 16.2. The van der Waals surface area contributed by atoms with E-state index in [2.05, 4.69) is 70.7 Å². The zero-order chi connectivity index (χ0) is 20.6. The van der Waals surface area contributed by atoms with E-state index in [4.69, 9.17) is 9.26 Å². The fourth-order valence-electron chi connectivity index (χ4n) is 3.40. The first kappa shape index (κ1) is 24.6. The summed E-state index contributed by atoms with van der Waals surface area (Å²) < 4.78 is 10.9. The van der Waals surface area contributed by atoms with Crippen molar-refractivity contribution in [2.75, 3.05) is 39.9 Å². The molecule has 0 radical (unpaired) electrons. The number of aryl methyl sites for hydroxylation is 1. The molecule has 3 rings (SSSR count). The molecular formula is C22H34IN5O2. The molecule has 1 saturated heterocycles. The lowest BCUT2D eigenvalue weighted by Crippen LogP contribution is -2.46. The van der Waals surface area contributed by atoms with Crippen molar-refractivity contribution in [3.05, 3.63) is 52.9 Å². The highest BCUT2D eigenvalue weighted by molar-refractivity contribution is 14.0. The van der Waals surface area contributed by atoms with Gasteiger partial charge >= 0.3 is 0 Å². The molecule has 0 aliphatic carbocycles. The first-order chi connectivity index (χ1) is 14.1. The van der Waals surface area contributed by atoms with Crippen molar-refractivity contribution >= 4 is 29.9 Å². The van der Waals surface area contributed by atoms with Gasteiger partial charge in [-0.25, -0.2) is 0 Å². The predicted molar refractivity (Wildman–Crippen MR) is 131 cm³/mol. The minimum absolute atomic E-state index is 0. The molecule has 1 aromatic carbocycles. The van der Waals surface area contributed by atoms with Crippen LogP contribution in [0.4, 0.5) is 0 Å². The van der Waals surface area contributed by atoms with Gasteiger partial charge in [0.15, 0.2) is 11.7 Å². The molecule has 0 bridgehead atoms. The Bertz CT molecular complexity index is 785. The summed E-state index contributed by atoms with van der Waals surface area (Å²) in [6, 6.07) is 11.0. The Morgan fingerprint density at radius 1 is 1.17 bits per heavy atom. The molecule has 2 aromatic rings. The zero-order valence-electron chi connectivity index (χ0n) is 18.4. The van der Waals surface area contributed by atoms with Crippen LogP contribution in [-0.2, 0) is 11.3 Å². The van der Waals surface area contributed by atoms with Crippen LogP contribution in [0.1, 0.15) is 48.4 Å². The summed E-state index contributed by atoms with van der Waals surface area (Å²) in [7, 11) is 1.78. The summed E-state index contributed by atoms with van der Waals surface area (Å²) in [5, 5.41) is 10.9. The second-order valence-electron chi connectivity index (χ2n) is 7.75. The van der Waals surface area contributed by atoms with E-state index in [1.165, 1.54) is 11.1 Å². The first-order valence-electron chi connectivity index (χ1n) is 10.3. The SMILES string of the molecule is CN=C(NCc1cc(C(C)C)no1)NCC(c1ccc(C)cc1)N1CCOCC1.I. The fraction of sp³-hybridized carbons (Fsp3) is 0.545. The van der Waals surface area contributed by atoms with Crippen LogP contribution < -0.4 is 10.6 Å². The van der Waals surface area contributed by atoms with Crippen LogP contribution in [0.5, 0.6) is 0 Å². The molecule has 0 amide bonds. The van der Waals surface area contributed by atoms with Gasteiger partial charge < -0.3 is 19.9 Å². The summed E-state index contributed by atoms with van der Waals surface area (Å²) in [5.41, 5.74) is 3.54. The van der Waals surface area contributed by atoms with Crippen LogP contribution in [0.3, 0.4) is 0 Å². The molecule has 2 N–H and O–H groups in total. The Hall–Kier alpha value is -1.65. The molecule has 1 unspecified atom stereocenters. The summed E-state index contributed by atoms with van der Waals surface area (Å²) in [6.45, 7) is 11.1. The number of aliphatic imine (C=N–C) groups is 1. The maximum absolute atomic E-state index is 5.54. The molecule has 8 heteroatoms. The number of halogens is 1. The Kier molecular flexibility index (Phi) is 10.1. The molecule has 0 saturated carbocycles. The second kappa shape index (κ2) is 12.3. The third kappa shape index (κ3) is 6.95. The average molecular weight is 527 g/mol. The highest BCUT2D eigenvalue weighted by atomic mass is 127. The molecule has 2 heterocycles. The molecule has 1 aliphatic heterocycles. The average Bonchev–Trinajstić information content (AvgIpc) is 3.22. The quantitative estimate of drug-likeness (QED) is 0.327. The van der Waals surface area contributed by atoms with Crippen LogP contribution in [0.25, 0.3) is 0 Å². The van der Waals surface area contributed by atoms with Crippen molar-refractivity contribution < 1.29 is 9.26 Å². The number of guanidine groups is 1. The van der Waals surface area contributed by atoms with Gasteiger partial charge in [-0.1, -0.05) is 48.8 Å². The van der Waals surface area contributed by atoms with Gasteiger partial charge in [-0.2, -0.15) is 0 Å². The van der Waals surface area contributed by atoms with Gasteiger partial charge in [-0.15, -0.1) is 24.0 Å². The van der Waals surface area contributed by atoms with Gasteiger partial charge in [0.1, 0.15) is 0 Å². The lowest BCUT2D eigenvalue weighted by Gasteiger charge is -2.35. The van der Waals surface area contributed by atoms with E-state index in [1.807, 2.05) is 6.07 Å². The predicted octanol–water partition coefficient (Wildman–Crippen LogP) is 3.46. The van der Waals surface area contributed by atoms with E-state index in [0.29, 0.717) is 12.5 Å². The molecule has 166 valence electrons. The van der Waals surface area contributed by atoms with E-state index in [0.717, 1.165) is 50.3 Å². The lowest BCUT2D eigenvalue weighted by molar-refractivity contribution is 0.0170. The van der Waals surface area contributed by atoms with E-state index in [1.54, 1.807) is 7.05 Å². The molecule has 0 spiro atoms. The van der Waals surface area contributed by atoms with E-state index >= 15 is 0 Å². The minimum Gasteiger partial charge on any atom is -0.379 e. The van der Waals surface area contributed by atoms with Gasteiger partial charge in [-0.05, 0) is 18.4 Å². The highest BCUT2D eigenvalue weighted by Crippen LogP contribution is 2.22. The summed E-state index contributed by atoms with van der Waals surface area (Å²) in [5.74, 6) is 1.91. The lowest BCUT2D eigenvalue weighted by atomic mass is 10.0. The third-order valence-corrected chi connectivity index (χ3v) is 5.23. The number of morpholine rings is 1. The first-order valence-corrected chi connectivity index (χ1v) is 10.3. The van der Waals surface area contributed by atoms with E-state index in [-0.39, 0.29) is 30.0 Å². The summed E-state index contributed by atoms with van der Waals surface area (Å²) >= 11 is 0. The summed E-state index contributed by atoms with van der Waals surface area (Å²) in [6.07, 6.45) is 0. The number of nitrogens with zero attached hydrogens (tertiary/aromatic N) is 3. The number of hydrogen-bond acceptors (Lipinski definition) is 5. The number of ether oxygens (including phenoxy) is 1. The van der Waals surface area contributed by atoms with Gasteiger partial charge in [0.05, 0.1) is 31.5 Å². The Morgan fingerprint density at radius 3 is 2.47 bits per heavy atom. The second-order valence-corrected chi connectivity index (χ2v) is 7.75. The fourth-order valence-corrected chi connectivity index (χ4v) is 3.40. The van der Waals surface area contributed by atoms with Crippen molar-refractivity contribution in [2.45, 2.75) is 39.3 Å². The van der Waals surface area contributed by atoms with Gasteiger partial charge in [-0.3, -0.25) is 9.89 Å². The largest absolute Gasteiger partial charge is 0.379 e. The van der Waals surface area contributed by atoms with Crippen molar-refractivity contribution in [3.8, 4) is 0 Å². The number of aromatic nitrogens is 1. The monoisotopic (exact) mass is 527 g/mol. The Labute approximate surface area is 196 Å². The maximum atomic E-state index is 5.54. The highest BCUT2D eigenvalue weighted by Gasteiger charge is 2.23. The standard InChI is InChI=1S/C22H33N5O2.HI/c1-16(2)20-13-19(29-26-20)14-24-22(23-4)25-15-21(27-9-11-28-12-10-27)18-7-5-17(3)6-8-18;/h5-8,13,16,21H,9-12,14-15H2,1-4H3,(H2,23,24,25);1H. The minimum atomic E-state index is 0. The van der Waals surface area contributed by atoms with Crippen LogP contribution >= 0.6 is 24.0 Å².